The topological polar surface area (TPSA) is 30.7 Å². The Morgan fingerprint density at radius 2 is 1.78 bits per heavy atom. The molecule has 2 aromatic carbocycles. The van der Waals surface area contributed by atoms with E-state index in [1.807, 2.05) is 60.7 Å². The largest absolute Gasteiger partial charge is 0.298 e. The molecule has 0 radical (unpaired) electrons. The van der Waals surface area contributed by atoms with Crippen LogP contribution in [0.5, 0.6) is 0 Å². The van der Waals surface area contributed by atoms with E-state index in [1.54, 1.807) is 11.8 Å². The Morgan fingerprint density at radius 3 is 2.52 bits per heavy atom. The number of halogens is 1. The van der Waals surface area contributed by atoms with Crippen LogP contribution in [0.2, 0.25) is 5.02 Å². The van der Waals surface area contributed by atoms with Crippen molar-refractivity contribution in [3.8, 4) is 11.4 Å². The van der Waals surface area contributed by atoms with Crippen LogP contribution in [0.1, 0.15) is 5.56 Å². The van der Waals surface area contributed by atoms with Gasteiger partial charge in [0.2, 0.25) is 0 Å². The molecule has 0 aliphatic carbocycles. The number of benzene rings is 2. The molecule has 1 aromatic heterocycles. The molecule has 0 fully saturated rings. The second-order valence-corrected chi connectivity index (χ2v) is 6.30. The maximum Gasteiger partial charge on any atom is 0.192 e. The molecule has 116 valence electrons. The van der Waals surface area contributed by atoms with Gasteiger partial charge in [-0.3, -0.25) is 4.57 Å². The van der Waals surface area contributed by atoms with Gasteiger partial charge in [-0.05, 0) is 11.6 Å². The Labute approximate surface area is 145 Å². The van der Waals surface area contributed by atoms with E-state index < -0.39 is 0 Å². The smallest absolute Gasteiger partial charge is 0.192 e. The van der Waals surface area contributed by atoms with E-state index in [4.69, 9.17) is 11.6 Å². The SMILES string of the molecule is C=CCn1c(SCc2ccccc2Cl)nnc1-c1ccccc1. The lowest BCUT2D eigenvalue weighted by molar-refractivity contribution is 0.731. The van der Waals surface area contributed by atoms with E-state index in [9.17, 15) is 0 Å². The number of hydrogen-bond acceptors (Lipinski definition) is 3. The van der Waals surface area contributed by atoms with Crippen molar-refractivity contribution in [1.29, 1.82) is 0 Å². The van der Waals surface area contributed by atoms with Crippen LogP contribution in [0.15, 0.2) is 72.4 Å². The minimum Gasteiger partial charge on any atom is -0.298 e. The summed E-state index contributed by atoms with van der Waals surface area (Å²) in [5.41, 5.74) is 2.14. The summed E-state index contributed by atoms with van der Waals surface area (Å²) in [6, 6.07) is 17.9. The van der Waals surface area contributed by atoms with Crippen molar-refractivity contribution in [2.45, 2.75) is 17.5 Å². The highest BCUT2D eigenvalue weighted by molar-refractivity contribution is 7.98. The summed E-state index contributed by atoms with van der Waals surface area (Å²) in [7, 11) is 0. The first-order valence-electron chi connectivity index (χ1n) is 7.25. The zero-order valence-electron chi connectivity index (χ0n) is 12.5. The molecular weight excluding hydrogens is 326 g/mol. The molecule has 0 spiro atoms. The fourth-order valence-corrected chi connectivity index (χ4v) is 3.48. The first kappa shape index (κ1) is 15.8. The molecule has 23 heavy (non-hydrogen) atoms. The number of nitrogens with zero attached hydrogens (tertiary/aromatic N) is 3. The van der Waals surface area contributed by atoms with Crippen LogP contribution < -0.4 is 0 Å². The van der Waals surface area contributed by atoms with Crippen LogP contribution in [-0.2, 0) is 12.3 Å². The molecule has 5 heteroatoms. The lowest BCUT2D eigenvalue weighted by Gasteiger charge is -2.08. The highest BCUT2D eigenvalue weighted by Crippen LogP contribution is 2.28. The highest BCUT2D eigenvalue weighted by Gasteiger charge is 2.13. The minimum absolute atomic E-state index is 0.669. The Hall–Kier alpha value is -2.04. The quantitative estimate of drug-likeness (QED) is 0.463. The zero-order chi connectivity index (χ0) is 16.1. The van der Waals surface area contributed by atoms with Gasteiger partial charge in [0.1, 0.15) is 0 Å². The fraction of sp³-hybridized carbons (Fsp3) is 0.111. The monoisotopic (exact) mass is 341 g/mol. The van der Waals surface area contributed by atoms with Crippen LogP contribution >= 0.6 is 23.4 Å². The van der Waals surface area contributed by atoms with Crippen molar-refractivity contribution in [3.63, 3.8) is 0 Å². The van der Waals surface area contributed by atoms with Gasteiger partial charge >= 0.3 is 0 Å². The van der Waals surface area contributed by atoms with E-state index in [-0.39, 0.29) is 0 Å². The van der Waals surface area contributed by atoms with Gasteiger partial charge in [-0.1, -0.05) is 78.0 Å². The molecule has 0 saturated carbocycles. The van der Waals surface area contributed by atoms with E-state index >= 15 is 0 Å². The second kappa shape index (κ2) is 7.49. The Morgan fingerprint density at radius 1 is 1.04 bits per heavy atom. The minimum atomic E-state index is 0.669. The first-order chi connectivity index (χ1) is 11.3. The lowest BCUT2D eigenvalue weighted by Crippen LogP contribution is -2.00. The van der Waals surface area contributed by atoms with Crippen molar-refractivity contribution in [3.05, 3.63) is 77.8 Å². The normalized spacial score (nSPS) is 10.7. The number of rotatable bonds is 6. The van der Waals surface area contributed by atoms with Crippen LogP contribution in [0, 0.1) is 0 Å². The molecule has 3 aromatic rings. The van der Waals surface area contributed by atoms with Gasteiger partial charge in [-0.15, -0.1) is 16.8 Å². The summed E-state index contributed by atoms with van der Waals surface area (Å²) in [6.07, 6.45) is 1.86. The van der Waals surface area contributed by atoms with Crippen molar-refractivity contribution >= 4 is 23.4 Å². The van der Waals surface area contributed by atoms with E-state index in [0.717, 1.165) is 32.9 Å². The van der Waals surface area contributed by atoms with Gasteiger partial charge in [0.15, 0.2) is 11.0 Å². The maximum absolute atomic E-state index is 6.22. The first-order valence-corrected chi connectivity index (χ1v) is 8.61. The van der Waals surface area contributed by atoms with Gasteiger partial charge in [-0.25, -0.2) is 0 Å². The van der Waals surface area contributed by atoms with Gasteiger partial charge in [-0.2, -0.15) is 0 Å². The molecule has 0 saturated heterocycles. The van der Waals surface area contributed by atoms with E-state index in [0.29, 0.717) is 6.54 Å². The number of hydrogen-bond donors (Lipinski definition) is 0. The molecule has 0 bridgehead atoms. The molecule has 0 amide bonds. The summed E-state index contributed by atoms with van der Waals surface area (Å²) >= 11 is 7.85. The molecule has 0 N–H and O–H groups in total. The summed E-state index contributed by atoms with van der Waals surface area (Å²) in [5, 5.41) is 10.3. The predicted octanol–water partition coefficient (Wildman–Crippen LogP) is 5.08. The molecular formula is C18H16ClN3S. The van der Waals surface area contributed by atoms with Crippen molar-refractivity contribution in [1.82, 2.24) is 14.8 Å². The highest BCUT2D eigenvalue weighted by atomic mass is 35.5. The molecule has 0 aliphatic heterocycles. The average Bonchev–Trinajstić information content (AvgIpc) is 2.98. The Bertz CT molecular complexity index is 799. The number of allylic oxidation sites excluding steroid dienone is 1. The number of thioether (sulfide) groups is 1. The van der Waals surface area contributed by atoms with Gasteiger partial charge in [0.25, 0.3) is 0 Å². The molecule has 3 rings (SSSR count). The van der Waals surface area contributed by atoms with E-state index in [2.05, 4.69) is 21.3 Å². The second-order valence-electron chi connectivity index (χ2n) is 4.95. The molecule has 0 atom stereocenters. The lowest BCUT2D eigenvalue weighted by atomic mass is 10.2. The molecule has 1 heterocycles. The Balaban J connectivity index is 1.86. The fourth-order valence-electron chi connectivity index (χ4n) is 2.25. The van der Waals surface area contributed by atoms with Crippen LogP contribution in [-0.4, -0.2) is 14.8 Å². The van der Waals surface area contributed by atoms with Crippen LogP contribution in [0.3, 0.4) is 0 Å². The molecule has 3 nitrogen and oxygen atoms in total. The summed E-state index contributed by atoms with van der Waals surface area (Å²) in [6.45, 7) is 4.51. The third-order valence-corrected chi connectivity index (χ3v) is 4.76. The van der Waals surface area contributed by atoms with Crippen LogP contribution in [0.25, 0.3) is 11.4 Å². The van der Waals surface area contributed by atoms with Gasteiger partial charge in [0.05, 0.1) is 0 Å². The average molecular weight is 342 g/mol. The zero-order valence-corrected chi connectivity index (χ0v) is 14.1. The standard InChI is InChI=1S/C18H16ClN3S/c1-2-12-22-17(14-8-4-3-5-9-14)20-21-18(22)23-13-15-10-6-7-11-16(15)19/h2-11H,1,12-13H2. The maximum atomic E-state index is 6.22. The number of aromatic nitrogens is 3. The molecule has 0 aliphatic rings. The Kier molecular flexibility index (Phi) is 5.16. The van der Waals surface area contributed by atoms with Gasteiger partial charge < -0.3 is 0 Å². The summed E-state index contributed by atoms with van der Waals surface area (Å²) < 4.78 is 2.07. The van der Waals surface area contributed by atoms with E-state index in [1.165, 1.54) is 0 Å². The summed E-state index contributed by atoms with van der Waals surface area (Å²) in [4.78, 5) is 0. The van der Waals surface area contributed by atoms with Crippen LogP contribution in [0.4, 0.5) is 0 Å². The third kappa shape index (κ3) is 3.66. The van der Waals surface area contributed by atoms with Crippen molar-refractivity contribution in [2.75, 3.05) is 0 Å². The van der Waals surface area contributed by atoms with Crippen molar-refractivity contribution in [2.24, 2.45) is 0 Å². The summed E-state index contributed by atoms with van der Waals surface area (Å²) in [5.74, 6) is 1.61. The third-order valence-electron chi connectivity index (χ3n) is 3.38. The molecule has 0 unspecified atom stereocenters. The predicted molar refractivity (Wildman–Crippen MR) is 96.7 cm³/mol. The van der Waals surface area contributed by atoms with Gasteiger partial charge in [0, 0.05) is 22.9 Å². The van der Waals surface area contributed by atoms with Crippen molar-refractivity contribution < 1.29 is 0 Å².